The van der Waals surface area contributed by atoms with Crippen LogP contribution >= 0.6 is 0 Å². The Bertz CT molecular complexity index is 581. The molecule has 1 fully saturated rings. The molecule has 1 aliphatic heterocycles. The number of fused-ring (bicyclic) bond motifs is 1. The average Bonchev–Trinajstić information content (AvgIpc) is 2.91. The summed E-state index contributed by atoms with van der Waals surface area (Å²) in [7, 11) is 2.25. The van der Waals surface area contributed by atoms with E-state index in [0.29, 0.717) is 0 Å². The number of nitrogens with zero attached hydrogens (tertiary/aromatic N) is 1. The van der Waals surface area contributed by atoms with Crippen molar-refractivity contribution in [2.24, 2.45) is 5.92 Å². The molecule has 0 aliphatic carbocycles. The van der Waals surface area contributed by atoms with Crippen molar-refractivity contribution in [3.63, 3.8) is 0 Å². The molecule has 1 aliphatic rings. The Hall–Kier alpha value is -1.32. The van der Waals surface area contributed by atoms with Crippen LogP contribution in [-0.4, -0.2) is 36.6 Å². The van der Waals surface area contributed by atoms with Gasteiger partial charge in [0, 0.05) is 30.2 Å². The first kappa shape index (κ1) is 14.6. The lowest BCUT2D eigenvalue weighted by Gasteiger charge is -2.27. The van der Waals surface area contributed by atoms with Crippen molar-refractivity contribution in [2.75, 3.05) is 26.7 Å². The van der Waals surface area contributed by atoms with Crippen molar-refractivity contribution >= 4 is 10.9 Å². The molecule has 2 heterocycles. The normalized spacial score (nSPS) is 19.5. The van der Waals surface area contributed by atoms with Gasteiger partial charge < -0.3 is 15.2 Å². The van der Waals surface area contributed by atoms with Crippen LogP contribution in [0.3, 0.4) is 0 Å². The van der Waals surface area contributed by atoms with E-state index in [-0.39, 0.29) is 0 Å². The van der Waals surface area contributed by atoms with Gasteiger partial charge in [0.1, 0.15) is 0 Å². The minimum Gasteiger partial charge on any atom is -0.361 e. The topological polar surface area (TPSA) is 31.1 Å². The predicted molar refractivity (Wildman–Crippen MR) is 89.6 cm³/mol. The molecule has 1 unspecified atom stereocenters. The third kappa shape index (κ3) is 3.30. The summed E-state index contributed by atoms with van der Waals surface area (Å²) < 4.78 is 0. The van der Waals surface area contributed by atoms with Gasteiger partial charge in [0.25, 0.3) is 0 Å². The second kappa shape index (κ2) is 6.63. The quantitative estimate of drug-likeness (QED) is 0.884. The largest absolute Gasteiger partial charge is 0.361 e. The van der Waals surface area contributed by atoms with Gasteiger partial charge in [0.05, 0.1) is 0 Å². The van der Waals surface area contributed by atoms with Gasteiger partial charge in [-0.25, -0.2) is 0 Å². The van der Waals surface area contributed by atoms with Crippen molar-refractivity contribution in [2.45, 2.75) is 32.7 Å². The summed E-state index contributed by atoms with van der Waals surface area (Å²) in [6, 6.07) is 6.65. The lowest BCUT2D eigenvalue weighted by Crippen LogP contribution is -2.36. The third-order valence-electron chi connectivity index (χ3n) is 4.68. The molecular weight excluding hydrogens is 258 g/mol. The van der Waals surface area contributed by atoms with Gasteiger partial charge >= 0.3 is 0 Å². The van der Waals surface area contributed by atoms with E-state index in [0.717, 1.165) is 18.9 Å². The van der Waals surface area contributed by atoms with Crippen LogP contribution in [0.2, 0.25) is 0 Å². The van der Waals surface area contributed by atoms with Gasteiger partial charge in [-0.1, -0.05) is 25.1 Å². The molecule has 3 nitrogen and oxygen atoms in total. The Labute approximate surface area is 127 Å². The molecule has 1 aromatic heterocycles. The summed E-state index contributed by atoms with van der Waals surface area (Å²) in [5.74, 6) is 0.806. The number of H-pyrrole nitrogens is 1. The van der Waals surface area contributed by atoms with Gasteiger partial charge in [-0.15, -0.1) is 0 Å². The van der Waals surface area contributed by atoms with E-state index >= 15 is 0 Å². The van der Waals surface area contributed by atoms with E-state index in [9.17, 15) is 0 Å². The van der Waals surface area contributed by atoms with Crippen molar-refractivity contribution in [3.8, 4) is 0 Å². The summed E-state index contributed by atoms with van der Waals surface area (Å²) in [6.45, 7) is 6.81. The Morgan fingerprint density at radius 3 is 2.95 bits per heavy atom. The smallest absolute Gasteiger partial charge is 0.0489 e. The molecule has 114 valence electrons. The fraction of sp³-hybridized carbons (Fsp3) is 0.556. The highest BCUT2D eigenvalue weighted by Gasteiger charge is 2.16. The van der Waals surface area contributed by atoms with Crippen molar-refractivity contribution in [3.05, 3.63) is 35.5 Å². The van der Waals surface area contributed by atoms with Gasteiger partial charge in [0.15, 0.2) is 0 Å². The Balaban J connectivity index is 1.69. The first-order chi connectivity index (χ1) is 10.3. The molecule has 2 N–H and O–H groups in total. The number of hydrogen-bond acceptors (Lipinski definition) is 2. The summed E-state index contributed by atoms with van der Waals surface area (Å²) in [5, 5.41) is 4.90. The van der Waals surface area contributed by atoms with Crippen LogP contribution in [0.1, 0.15) is 30.9 Å². The number of aromatic nitrogens is 1. The molecule has 2 aromatic rings. The maximum atomic E-state index is 3.51. The molecule has 1 atom stereocenters. The predicted octanol–water partition coefficient (Wildman–Crippen LogP) is 3.16. The molecule has 1 saturated heterocycles. The Morgan fingerprint density at radius 2 is 2.19 bits per heavy atom. The maximum absolute atomic E-state index is 3.51. The highest BCUT2D eigenvalue weighted by Crippen LogP contribution is 2.23. The number of rotatable bonds is 5. The number of benzene rings is 1. The number of aromatic amines is 1. The van der Waals surface area contributed by atoms with Crippen molar-refractivity contribution in [1.82, 2.24) is 15.2 Å². The molecule has 1 aromatic carbocycles. The summed E-state index contributed by atoms with van der Waals surface area (Å²) in [5.41, 5.74) is 4.16. The van der Waals surface area contributed by atoms with Gasteiger partial charge in [-0.3, -0.25) is 0 Å². The lowest BCUT2D eigenvalue weighted by atomic mass is 9.99. The van der Waals surface area contributed by atoms with Crippen LogP contribution in [0.25, 0.3) is 10.9 Å². The maximum Gasteiger partial charge on any atom is 0.0489 e. The van der Waals surface area contributed by atoms with E-state index in [2.05, 4.69) is 53.6 Å². The van der Waals surface area contributed by atoms with Crippen LogP contribution < -0.4 is 5.32 Å². The molecule has 21 heavy (non-hydrogen) atoms. The van der Waals surface area contributed by atoms with Crippen molar-refractivity contribution < 1.29 is 0 Å². The van der Waals surface area contributed by atoms with Gasteiger partial charge in [-0.2, -0.15) is 0 Å². The molecular formula is C18H27N3. The van der Waals surface area contributed by atoms with E-state index in [1.54, 1.807) is 0 Å². The molecule has 3 rings (SSSR count). The number of para-hydroxylation sites is 1. The monoisotopic (exact) mass is 285 g/mol. The first-order valence-corrected chi connectivity index (χ1v) is 8.25. The average molecular weight is 285 g/mol. The van der Waals surface area contributed by atoms with Crippen LogP contribution in [0.4, 0.5) is 0 Å². The van der Waals surface area contributed by atoms with Gasteiger partial charge in [0.2, 0.25) is 0 Å². The second-order valence-corrected chi connectivity index (χ2v) is 6.42. The summed E-state index contributed by atoms with van der Waals surface area (Å²) in [6.07, 6.45) is 5.97. The van der Waals surface area contributed by atoms with E-state index in [1.807, 2.05) is 0 Å². The van der Waals surface area contributed by atoms with E-state index in [1.165, 1.54) is 54.5 Å². The summed E-state index contributed by atoms with van der Waals surface area (Å²) >= 11 is 0. The minimum atomic E-state index is 0.806. The second-order valence-electron chi connectivity index (χ2n) is 6.42. The lowest BCUT2D eigenvalue weighted by molar-refractivity contribution is 0.238. The Kier molecular flexibility index (Phi) is 4.61. The number of hydrogen-bond donors (Lipinski definition) is 2. The Morgan fingerprint density at radius 1 is 1.29 bits per heavy atom. The van der Waals surface area contributed by atoms with E-state index < -0.39 is 0 Å². The molecule has 0 bridgehead atoms. The molecule has 0 spiro atoms. The van der Waals surface area contributed by atoms with Crippen LogP contribution in [0.15, 0.2) is 24.4 Å². The number of nitrogens with one attached hydrogen (secondary N) is 2. The molecule has 0 saturated carbocycles. The zero-order valence-corrected chi connectivity index (χ0v) is 13.3. The highest BCUT2D eigenvalue weighted by atomic mass is 15.1. The third-order valence-corrected chi connectivity index (χ3v) is 4.68. The highest BCUT2D eigenvalue weighted by molar-refractivity contribution is 5.86. The molecule has 3 heteroatoms. The molecule has 0 amide bonds. The van der Waals surface area contributed by atoms with Crippen LogP contribution in [0, 0.1) is 5.92 Å². The number of piperidine rings is 1. The molecule has 0 radical (unpaired) electrons. The van der Waals surface area contributed by atoms with Gasteiger partial charge in [-0.05, 0) is 56.4 Å². The van der Waals surface area contributed by atoms with E-state index in [4.69, 9.17) is 0 Å². The van der Waals surface area contributed by atoms with Crippen LogP contribution in [0.5, 0.6) is 0 Å². The SMILES string of the molecule is CCc1cccc2c(CN(C)CC3CCCNC3)c[nH]c12. The van der Waals surface area contributed by atoms with Crippen molar-refractivity contribution in [1.29, 1.82) is 0 Å². The fourth-order valence-corrected chi connectivity index (χ4v) is 3.58. The zero-order valence-electron chi connectivity index (χ0n) is 13.3. The first-order valence-electron chi connectivity index (χ1n) is 8.25. The minimum absolute atomic E-state index is 0.806. The van der Waals surface area contributed by atoms with Crippen LogP contribution in [-0.2, 0) is 13.0 Å². The standard InChI is InChI=1S/C18H27N3/c1-3-15-7-4-8-17-16(11-20-18(15)17)13-21(2)12-14-6-5-9-19-10-14/h4,7-8,11,14,19-20H,3,5-6,9-10,12-13H2,1-2H3. The zero-order chi connectivity index (χ0) is 14.7. The fourth-order valence-electron chi connectivity index (χ4n) is 3.58. The number of aryl methyl sites for hydroxylation is 1. The summed E-state index contributed by atoms with van der Waals surface area (Å²) in [4.78, 5) is 5.95.